The summed E-state index contributed by atoms with van der Waals surface area (Å²) in [6, 6.07) is 25.0. The lowest BCUT2D eigenvalue weighted by Gasteiger charge is -2.48. The highest BCUT2D eigenvalue weighted by Gasteiger charge is 2.49. The lowest BCUT2D eigenvalue weighted by Crippen LogP contribution is -2.59. The lowest BCUT2D eigenvalue weighted by molar-refractivity contribution is -0.285. The van der Waals surface area contributed by atoms with E-state index in [1.807, 2.05) is 18.2 Å². The van der Waals surface area contributed by atoms with E-state index in [1.165, 1.54) is 43.5 Å². The molecule has 0 spiro atoms. The molecule has 8 unspecified atom stereocenters. The van der Waals surface area contributed by atoms with Crippen molar-refractivity contribution in [1.29, 1.82) is 0 Å². The zero-order chi connectivity index (χ0) is 35.7. The number of methoxy groups -OCH3 is 1. The first-order valence-corrected chi connectivity index (χ1v) is 17.7. The van der Waals surface area contributed by atoms with E-state index in [0.29, 0.717) is 34.4 Å². The zero-order valence-corrected chi connectivity index (χ0v) is 27.8. The number of carbonyl (C=O) groups excluding carboxylic acids is 1. The fourth-order valence-corrected chi connectivity index (χ4v) is 8.09. The van der Waals surface area contributed by atoms with Crippen LogP contribution in [0.5, 0.6) is 5.75 Å². The Kier molecular flexibility index (Phi) is 10.4. The first-order chi connectivity index (χ1) is 23.9. The summed E-state index contributed by atoms with van der Waals surface area (Å²) in [5.41, 5.74) is 2.89. The number of phenols is 1. The summed E-state index contributed by atoms with van der Waals surface area (Å²) in [5.74, 6) is -1.85. The topological polar surface area (TPSA) is 174 Å². The van der Waals surface area contributed by atoms with Crippen molar-refractivity contribution in [1.82, 2.24) is 0 Å². The number of β-lactam (4-membered cyclic amide) rings is 1. The number of aromatic hydroxyl groups is 1. The van der Waals surface area contributed by atoms with Crippen LogP contribution in [0.25, 0.3) is 11.1 Å². The maximum absolute atomic E-state index is 13.5. The van der Waals surface area contributed by atoms with Gasteiger partial charge in [-0.25, -0.2) is 12.8 Å². The van der Waals surface area contributed by atoms with E-state index in [1.54, 1.807) is 47.4 Å². The van der Waals surface area contributed by atoms with Crippen LogP contribution >= 0.6 is 0 Å². The van der Waals surface area contributed by atoms with Crippen molar-refractivity contribution in [3.63, 3.8) is 0 Å². The minimum atomic E-state index is -4.02. The van der Waals surface area contributed by atoms with Crippen molar-refractivity contribution in [3.05, 3.63) is 114 Å². The van der Waals surface area contributed by atoms with E-state index < -0.39 is 70.2 Å². The minimum absolute atomic E-state index is 0.0652. The third-order valence-corrected chi connectivity index (χ3v) is 11.2. The largest absolute Gasteiger partial charge is 0.508 e. The normalized spacial score (nSPS) is 26.0. The van der Waals surface area contributed by atoms with Crippen molar-refractivity contribution < 1.29 is 52.6 Å². The van der Waals surface area contributed by atoms with Crippen LogP contribution in [0, 0.1) is 11.7 Å². The van der Waals surface area contributed by atoms with Gasteiger partial charge in [0, 0.05) is 18.4 Å². The van der Waals surface area contributed by atoms with Gasteiger partial charge in [-0.15, -0.1) is 0 Å². The maximum Gasteiger partial charge on any atom is 0.233 e. The Balaban J connectivity index is 1.20. The predicted molar refractivity (Wildman–Crippen MR) is 180 cm³/mol. The van der Waals surface area contributed by atoms with Gasteiger partial charge < -0.3 is 39.9 Å². The molecule has 264 valence electrons. The molecule has 0 radical (unpaired) electrons. The van der Waals surface area contributed by atoms with Gasteiger partial charge in [-0.3, -0.25) is 4.79 Å². The monoisotopic (exact) mass is 707 g/mol. The number of nitrogens with zero attached hydrogens (tertiary/aromatic N) is 1. The second kappa shape index (κ2) is 14.6. The number of anilines is 1. The van der Waals surface area contributed by atoms with Crippen molar-refractivity contribution in [3.8, 4) is 16.9 Å². The Hall–Kier alpha value is -4.21. The van der Waals surface area contributed by atoms with Gasteiger partial charge in [-0.1, -0.05) is 54.6 Å². The van der Waals surface area contributed by atoms with Crippen LogP contribution in [-0.2, 0) is 24.1 Å². The molecule has 4 aromatic carbocycles. The van der Waals surface area contributed by atoms with Crippen LogP contribution in [0.3, 0.4) is 0 Å². The molecule has 0 bridgehead atoms. The van der Waals surface area contributed by atoms with Crippen LogP contribution in [0.4, 0.5) is 10.1 Å². The van der Waals surface area contributed by atoms with Crippen molar-refractivity contribution in [2.75, 3.05) is 17.8 Å². The number of rotatable bonds is 11. The third kappa shape index (κ3) is 7.03. The molecule has 0 aromatic heterocycles. The molecule has 0 aliphatic carbocycles. The van der Waals surface area contributed by atoms with Crippen LogP contribution in [-0.4, -0.2) is 83.4 Å². The number of amides is 1. The number of sulfone groups is 1. The number of aliphatic hydroxyl groups is 4. The second-order valence-electron chi connectivity index (χ2n) is 12.6. The van der Waals surface area contributed by atoms with Crippen molar-refractivity contribution >= 4 is 21.4 Å². The Labute approximate surface area is 288 Å². The summed E-state index contributed by atoms with van der Waals surface area (Å²) in [7, 11) is -2.79. The highest BCUT2D eigenvalue weighted by molar-refractivity contribution is 7.91. The zero-order valence-electron chi connectivity index (χ0n) is 27.0. The first-order valence-electron chi connectivity index (χ1n) is 16.1. The second-order valence-corrected chi connectivity index (χ2v) is 14.6. The number of phenolic OH excluding ortho intramolecular Hbond substituents is 1. The number of aliphatic hydroxyl groups excluding tert-OH is 4. The molecule has 11 nitrogen and oxygen atoms in total. The van der Waals surface area contributed by atoms with Gasteiger partial charge in [0.2, 0.25) is 5.91 Å². The summed E-state index contributed by atoms with van der Waals surface area (Å²) in [4.78, 5) is 15.0. The molecule has 2 fully saturated rings. The van der Waals surface area contributed by atoms with Gasteiger partial charge in [0.05, 0.1) is 28.7 Å². The highest BCUT2D eigenvalue weighted by atomic mass is 32.2. The van der Waals surface area contributed by atoms with Crippen molar-refractivity contribution in [2.45, 2.75) is 60.6 Å². The molecule has 4 aromatic rings. The summed E-state index contributed by atoms with van der Waals surface area (Å²) in [5, 5.41) is 52.5. The average molecular weight is 708 g/mol. The van der Waals surface area contributed by atoms with E-state index in [0.717, 1.165) is 0 Å². The quantitative estimate of drug-likeness (QED) is 0.145. The smallest absolute Gasteiger partial charge is 0.233 e. The first kappa shape index (κ1) is 35.6. The van der Waals surface area contributed by atoms with Gasteiger partial charge in [-0.05, 0) is 72.0 Å². The number of benzene rings is 4. The number of hydrogen-bond acceptors (Lipinski definition) is 10. The summed E-state index contributed by atoms with van der Waals surface area (Å²) >= 11 is 0. The maximum atomic E-state index is 13.5. The summed E-state index contributed by atoms with van der Waals surface area (Å²) in [6.07, 6.45) is -7.87. The van der Waals surface area contributed by atoms with Gasteiger partial charge >= 0.3 is 0 Å². The van der Waals surface area contributed by atoms with Crippen LogP contribution in [0.15, 0.2) is 102 Å². The van der Waals surface area contributed by atoms with E-state index in [2.05, 4.69) is 0 Å². The number of para-hydroxylation sites is 1. The van der Waals surface area contributed by atoms with Gasteiger partial charge in [0.1, 0.15) is 36.0 Å². The van der Waals surface area contributed by atoms with E-state index in [-0.39, 0.29) is 23.0 Å². The van der Waals surface area contributed by atoms with E-state index in [4.69, 9.17) is 9.47 Å². The molecule has 2 aliphatic heterocycles. The fraction of sp³-hybridized carbons (Fsp3) is 0.324. The molecule has 8 atom stereocenters. The third-order valence-electron chi connectivity index (χ3n) is 9.43. The lowest BCUT2D eigenvalue weighted by atomic mass is 9.77. The number of ether oxygens (including phenoxy) is 2. The number of carbonyl (C=O) groups is 1. The van der Waals surface area contributed by atoms with Crippen LogP contribution in [0.2, 0.25) is 0 Å². The molecular formula is C37H38FNO10S. The minimum Gasteiger partial charge on any atom is -0.508 e. The van der Waals surface area contributed by atoms with Gasteiger partial charge in [0.25, 0.3) is 0 Å². The summed E-state index contributed by atoms with van der Waals surface area (Å²) in [6.45, 7) is 0. The van der Waals surface area contributed by atoms with Crippen LogP contribution in [0.1, 0.15) is 36.1 Å². The Morgan fingerprint density at radius 3 is 2.18 bits per heavy atom. The molecule has 50 heavy (non-hydrogen) atoms. The van der Waals surface area contributed by atoms with Crippen LogP contribution < -0.4 is 4.90 Å². The molecular weight excluding hydrogens is 669 g/mol. The predicted octanol–water partition coefficient (Wildman–Crippen LogP) is 3.64. The highest BCUT2D eigenvalue weighted by Crippen LogP contribution is 2.49. The standard InChI is InChI=1S/C37H38FNO10S/c1-48-37-35(44)34(43)33(42)31(49-37)20-50(46,47)26-14-9-21(10-15-26)23-11-16-27(30(41)19-23)32-28(36(45)39(32)25-5-3-2-4-6-25)17-18-29(40)22-7-12-24(38)13-8-22/h2-16,19,28-29,31-35,37,40-44H,17-18,20H2,1H3. The Morgan fingerprint density at radius 2 is 1.54 bits per heavy atom. The number of hydrogen-bond donors (Lipinski definition) is 5. The Bertz CT molecular complexity index is 1910. The van der Waals surface area contributed by atoms with Gasteiger partial charge in [-0.2, -0.15) is 0 Å². The molecule has 1 amide bonds. The van der Waals surface area contributed by atoms with Crippen molar-refractivity contribution in [2.24, 2.45) is 5.92 Å². The van der Waals surface area contributed by atoms with Gasteiger partial charge in [0.15, 0.2) is 16.1 Å². The molecule has 2 heterocycles. The molecule has 0 saturated carbocycles. The summed E-state index contributed by atoms with van der Waals surface area (Å²) < 4.78 is 50.2. The fourth-order valence-electron chi connectivity index (χ4n) is 6.64. The molecule has 2 saturated heterocycles. The van der Waals surface area contributed by atoms with E-state index >= 15 is 0 Å². The number of halogens is 1. The molecule has 2 aliphatic rings. The SMILES string of the molecule is COC1OC(CS(=O)(=O)c2ccc(-c3ccc(C4C(CCC(O)c5ccc(F)cc5)C(=O)N4c4ccccc4)c(O)c3)cc2)C(O)C(O)C1O. The molecule has 6 rings (SSSR count). The molecule has 13 heteroatoms. The molecule has 5 N–H and O–H groups in total. The Morgan fingerprint density at radius 1 is 0.880 bits per heavy atom. The average Bonchev–Trinajstić information content (AvgIpc) is 3.11. The van der Waals surface area contributed by atoms with E-state index in [9.17, 15) is 43.1 Å².